The highest BCUT2D eigenvalue weighted by atomic mass is 19.3. The van der Waals surface area contributed by atoms with Crippen LogP contribution in [0, 0.1) is 13.8 Å². The van der Waals surface area contributed by atoms with Gasteiger partial charge in [0.2, 0.25) is 0 Å². The van der Waals surface area contributed by atoms with E-state index in [2.05, 4.69) is 4.74 Å². The zero-order valence-electron chi connectivity index (χ0n) is 9.41. The average Bonchev–Trinajstić information content (AvgIpc) is 2.22. The van der Waals surface area contributed by atoms with Gasteiger partial charge in [0.1, 0.15) is 5.75 Å². The van der Waals surface area contributed by atoms with Crippen molar-refractivity contribution in [3.8, 4) is 5.75 Å². The molecule has 0 bridgehead atoms. The van der Waals surface area contributed by atoms with E-state index in [4.69, 9.17) is 5.11 Å². The molecule has 1 aromatic carbocycles. The summed E-state index contributed by atoms with van der Waals surface area (Å²) in [6.07, 6.45) is 2.14. The van der Waals surface area contributed by atoms with Gasteiger partial charge in [-0.3, -0.25) is 0 Å². The van der Waals surface area contributed by atoms with E-state index in [9.17, 15) is 13.6 Å². The first-order valence-corrected chi connectivity index (χ1v) is 4.88. The Kier molecular flexibility index (Phi) is 4.20. The third-order valence-electron chi connectivity index (χ3n) is 2.35. The summed E-state index contributed by atoms with van der Waals surface area (Å²) in [5, 5.41) is 8.53. The van der Waals surface area contributed by atoms with Crippen molar-refractivity contribution in [2.45, 2.75) is 20.5 Å². The minimum absolute atomic E-state index is 0.0272. The number of alkyl halides is 2. The largest absolute Gasteiger partial charge is 0.478 e. The van der Waals surface area contributed by atoms with Gasteiger partial charge in [-0.1, -0.05) is 6.07 Å². The van der Waals surface area contributed by atoms with Crippen LogP contribution in [0.3, 0.4) is 0 Å². The Balaban J connectivity index is 3.21. The van der Waals surface area contributed by atoms with Crippen LogP contribution in [0.2, 0.25) is 0 Å². The summed E-state index contributed by atoms with van der Waals surface area (Å²) in [7, 11) is 0. The summed E-state index contributed by atoms with van der Waals surface area (Å²) in [5.74, 6) is -1.17. The first kappa shape index (κ1) is 13.2. The number of hydrogen-bond acceptors (Lipinski definition) is 2. The van der Waals surface area contributed by atoms with Gasteiger partial charge in [0.25, 0.3) is 0 Å². The molecule has 1 aromatic rings. The molecule has 0 radical (unpaired) electrons. The number of aryl methyl sites for hydroxylation is 1. The molecule has 0 spiro atoms. The van der Waals surface area contributed by atoms with E-state index in [1.54, 1.807) is 19.9 Å². The summed E-state index contributed by atoms with van der Waals surface area (Å²) in [6.45, 7) is 0.587. The lowest BCUT2D eigenvalue weighted by Crippen LogP contribution is -2.04. The summed E-state index contributed by atoms with van der Waals surface area (Å²) in [4.78, 5) is 10.4. The molecular formula is C12H12F2O3. The monoisotopic (exact) mass is 242 g/mol. The predicted octanol–water partition coefficient (Wildman–Crippen LogP) is 3.00. The van der Waals surface area contributed by atoms with Crippen molar-refractivity contribution in [2.24, 2.45) is 0 Å². The van der Waals surface area contributed by atoms with Crippen LogP contribution in [0.15, 0.2) is 18.2 Å². The van der Waals surface area contributed by atoms with Crippen LogP contribution in [0.4, 0.5) is 8.78 Å². The maximum atomic E-state index is 12.2. The number of carboxylic acid groups (broad SMARTS) is 1. The number of benzene rings is 1. The predicted molar refractivity (Wildman–Crippen MR) is 59.2 cm³/mol. The van der Waals surface area contributed by atoms with Gasteiger partial charge in [-0.25, -0.2) is 4.79 Å². The van der Waals surface area contributed by atoms with Gasteiger partial charge in [0, 0.05) is 11.6 Å². The van der Waals surface area contributed by atoms with Crippen molar-refractivity contribution in [3.63, 3.8) is 0 Å². The highest BCUT2D eigenvalue weighted by Crippen LogP contribution is 2.27. The number of rotatable bonds is 4. The molecule has 92 valence electrons. The first-order valence-electron chi connectivity index (χ1n) is 4.88. The number of ether oxygens (including phenoxy) is 1. The highest BCUT2D eigenvalue weighted by molar-refractivity contribution is 5.86. The molecular weight excluding hydrogens is 230 g/mol. The molecule has 0 saturated heterocycles. The number of halogens is 2. The average molecular weight is 242 g/mol. The molecule has 0 aliphatic carbocycles. The molecule has 0 heterocycles. The zero-order chi connectivity index (χ0) is 13.0. The SMILES string of the molecule is Cc1ccc(OC(F)F)c(/C=C/C(=O)O)c1C. The second kappa shape index (κ2) is 5.43. The van der Waals surface area contributed by atoms with Gasteiger partial charge < -0.3 is 9.84 Å². The van der Waals surface area contributed by atoms with Crippen LogP contribution in [0.1, 0.15) is 16.7 Å². The number of hydrogen-bond donors (Lipinski definition) is 1. The lowest BCUT2D eigenvalue weighted by Gasteiger charge is -2.12. The second-order valence-corrected chi connectivity index (χ2v) is 3.47. The molecule has 0 aliphatic heterocycles. The smallest absolute Gasteiger partial charge is 0.387 e. The van der Waals surface area contributed by atoms with E-state index in [0.717, 1.165) is 11.6 Å². The standard InChI is InChI=1S/C12H12F2O3/c1-7-3-5-10(17-12(13)14)9(8(7)2)4-6-11(15)16/h3-6,12H,1-2H3,(H,15,16)/b6-4+. The van der Waals surface area contributed by atoms with Crippen LogP contribution < -0.4 is 4.74 Å². The fourth-order valence-corrected chi connectivity index (χ4v) is 1.37. The molecule has 0 atom stereocenters. The Morgan fingerprint density at radius 3 is 2.59 bits per heavy atom. The van der Waals surface area contributed by atoms with Gasteiger partial charge in [-0.2, -0.15) is 8.78 Å². The number of aliphatic carboxylic acids is 1. The Bertz CT molecular complexity index is 453. The third-order valence-corrected chi connectivity index (χ3v) is 2.35. The van der Waals surface area contributed by atoms with Crippen LogP contribution in [-0.4, -0.2) is 17.7 Å². The van der Waals surface area contributed by atoms with Crippen molar-refractivity contribution in [3.05, 3.63) is 34.9 Å². The van der Waals surface area contributed by atoms with E-state index in [1.807, 2.05) is 0 Å². The molecule has 0 unspecified atom stereocenters. The number of carbonyl (C=O) groups is 1. The fraction of sp³-hybridized carbons (Fsp3) is 0.250. The summed E-state index contributed by atoms with van der Waals surface area (Å²) in [6, 6.07) is 3.04. The molecule has 0 fully saturated rings. The first-order chi connectivity index (χ1) is 7.91. The quantitative estimate of drug-likeness (QED) is 0.825. The second-order valence-electron chi connectivity index (χ2n) is 3.47. The Hall–Kier alpha value is -1.91. The number of carboxylic acids is 1. The van der Waals surface area contributed by atoms with E-state index in [-0.39, 0.29) is 5.75 Å². The summed E-state index contributed by atoms with van der Waals surface area (Å²) < 4.78 is 28.7. The van der Waals surface area contributed by atoms with Crippen molar-refractivity contribution in [2.75, 3.05) is 0 Å². The molecule has 0 amide bonds. The molecule has 3 nitrogen and oxygen atoms in total. The summed E-state index contributed by atoms with van der Waals surface area (Å²) in [5.41, 5.74) is 1.94. The van der Waals surface area contributed by atoms with Gasteiger partial charge in [-0.05, 0) is 37.1 Å². The van der Waals surface area contributed by atoms with Gasteiger partial charge in [-0.15, -0.1) is 0 Å². The highest BCUT2D eigenvalue weighted by Gasteiger charge is 2.11. The summed E-state index contributed by atoms with van der Waals surface area (Å²) >= 11 is 0. The van der Waals surface area contributed by atoms with Crippen molar-refractivity contribution in [1.82, 2.24) is 0 Å². The molecule has 1 rings (SSSR count). The zero-order valence-corrected chi connectivity index (χ0v) is 9.41. The molecule has 17 heavy (non-hydrogen) atoms. The van der Waals surface area contributed by atoms with Crippen molar-refractivity contribution < 1.29 is 23.4 Å². The lowest BCUT2D eigenvalue weighted by atomic mass is 10.0. The minimum atomic E-state index is -2.94. The Morgan fingerprint density at radius 2 is 2.06 bits per heavy atom. The van der Waals surface area contributed by atoms with Crippen LogP contribution in [0.5, 0.6) is 5.75 Å². The van der Waals surface area contributed by atoms with Gasteiger partial charge in [0.05, 0.1) is 0 Å². The van der Waals surface area contributed by atoms with E-state index in [0.29, 0.717) is 11.1 Å². The van der Waals surface area contributed by atoms with Crippen molar-refractivity contribution in [1.29, 1.82) is 0 Å². The Labute approximate surface area is 97.3 Å². The van der Waals surface area contributed by atoms with Crippen LogP contribution >= 0.6 is 0 Å². The molecule has 0 aromatic heterocycles. The maximum Gasteiger partial charge on any atom is 0.387 e. The van der Waals surface area contributed by atoms with Crippen LogP contribution in [0.25, 0.3) is 6.08 Å². The molecule has 0 aliphatic rings. The van der Waals surface area contributed by atoms with E-state index >= 15 is 0 Å². The van der Waals surface area contributed by atoms with E-state index in [1.165, 1.54) is 12.1 Å². The molecule has 0 saturated carbocycles. The topological polar surface area (TPSA) is 46.5 Å². The van der Waals surface area contributed by atoms with Gasteiger partial charge in [0.15, 0.2) is 0 Å². The third kappa shape index (κ3) is 3.55. The molecule has 1 N–H and O–H groups in total. The van der Waals surface area contributed by atoms with Gasteiger partial charge >= 0.3 is 12.6 Å². The Morgan fingerprint density at radius 1 is 1.41 bits per heavy atom. The normalized spacial score (nSPS) is 11.1. The minimum Gasteiger partial charge on any atom is -0.478 e. The van der Waals surface area contributed by atoms with E-state index < -0.39 is 12.6 Å². The maximum absolute atomic E-state index is 12.2. The fourth-order valence-electron chi connectivity index (χ4n) is 1.37. The van der Waals surface area contributed by atoms with Crippen molar-refractivity contribution >= 4 is 12.0 Å². The van der Waals surface area contributed by atoms with Crippen LogP contribution in [-0.2, 0) is 4.79 Å². The lowest BCUT2D eigenvalue weighted by molar-refractivity contribution is -0.131. The molecule has 5 heteroatoms.